The van der Waals surface area contributed by atoms with Crippen LogP contribution in [0.5, 0.6) is 0 Å². The quantitative estimate of drug-likeness (QED) is 0.786. The Morgan fingerprint density at radius 2 is 2.15 bits per heavy atom. The van der Waals surface area contributed by atoms with Gasteiger partial charge in [-0.2, -0.15) is 5.10 Å². The van der Waals surface area contributed by atoms with Crippen molar-refractivity contribution in [3.8, 4) is 0 Å². The SMILES string of the molecule is Cc1c(Br)cccc1C(=O)Cc1ncnn1CC(C)C. The van der Waals surface area contributed by atoms with Gasteiger partial charge in [-0.15, -0.1) is 0 Å². The normalized spacial score (nSPS) is 11.1. The van der Waals surface area contributed by atoms with Crippen molar-refractivity contribution in [1.82, 2.24) is 14.8 Å². The molecule has 2 rings (SSSR count). The van der Waals surface area contributed by atoms with Crippen LogP contribution in [0.15, 0.2) is 29.0 Å². The summed E-state index contributed by atoms with van der Waals surface area (Å²) in [5.74, 6) is 1.27. The van der Waals surface area contributed by atoms with E-state index in [4.69, 9.17) is 0 Å². The Bertz CT molecular complexity index is 619. The van der Waals surface area contributed by atoms with E-state index < -0.39 is 0 Å². The molecular formula is C15H18BrN3O. The van der Waals surface area contributed by atoms with Crippen molar-refractivity contribution in [1.29, 1.82) is 0 Å². The molecule has 0 saturated carbocycles. The van der Waals surface area contributed by atoms with Crippen LogP contribution in [0.1, 0.15) is 35.6 Å². The first kappa shape index (κ1) is 14.9. The van der Waals surface area contributed by atoms with Crippen LogP contribution in [0.2, 0.25) is 0 Å². The highest BCUT2D eigenvalue weighted by molar-refractivity contribution is 9.10. The molecule has 1 aromatic carbocycles. The van der Waals surface area contributed by atoms with E-state index in [1.165, 1.54) is 6.33 Å². The first-order chi connectivity index (χ1) is 9.49. The molecule has 0 unspecified atom stereocenters. The number of Topliss-reactive ketones (excluding diaryl/α,β-unsaturated/α-hetero) is 1. The molecule has 0 aliphatic carbocycles. The molecule has 0 spiro atoms. The second kappa shape index (κ2) is 6.31. The highest BCUT2D eigenvalue weighted by atomic mass is 79.9. The molecule has 1 aromatic heterocycles. The summed E-state index contributed by atoms with van der Waals surface area (Å²) < 4.78 is 2.77. The van der Waals surface area contributed by atoms with Gasteiger partial charge in [-0.05, 0) is 24.5 Å². The number of rotatable bonds is 5. The van der Waals surface area contributed by atoms with Gasteiger partial charge >= 0.3 is 0 Å². The zero-order chi connectivity index (χ0) is 14.7. The summed E-state index contributed by atoms with van der Waals surface area (Å²) >= 11 is 3.45. The van der Waals surface area contributed by atoms with E-state index in [2.05, 4.69) is 39.9 Å². The summed E-state index contributed by atoms with van der Waals surface area (Å²) in [5, 5.41) is 4.19. The van der Waals surface area contributed by atoms with Gasteiger partial charge in [-0.3, -0.25) is 4.79 Å². The first-order valence-corrected chi connectivity index (χ1v) is 7.43. The summed E-state index contributed by atoms with van der Waals surface area (Å²) in [6.45, 7) is 6.95. The number of halogens is 1. The molecule has 0 radical (unpaired) electrons. The van der Waals surface area contributed by atoms with E-state index in [1.807, 2.05) is 29.8 Å². The summed E-state index contributed by atoms with van der Waals surface area (Å²) in [5.41, 5.74) is 1.70. The lowest BCUT2D eigenvalue weighted by Gasteiger charge is -2.09. The van der Waals surface area contributed by atoms with Gasteiger partial charge in [0.2, 0.25) is 0 Å². The molecule has 0 saturated heterocycles. The average Bonchev–Trinajstić information content (AvgIpc) is 2.79. The zero-order valence-corrected chi connectivity index (χ0v) is 13.5. The molecule has 4 nitrogen and oxygen atoms in total. The minimum Gasteiger partial charge on any atom is -0.294 e. The number of hydrogen-bond donors (Lipinski definition) is 0. The minimum absolute atomic E-state index is 0.0711. The summed E-state index contributed by atoms with van der Waals surface area (Å²) in [7, 11) is 0. The summed E-state index contributed by atoms with van der Waals surface area (Å²) in [6.07, 6.45) is 1.79. The molecule has 2 aromatic rings. The maximum atomic E-state index is 12.4. The standard InChI is InChI=1S/C15H18BrN3O/c1-10(2)8-19-15(17-9-18-19)7-14(20)12-5-4-6-13(16)11(12)3/h4-6,9-10H,7-8H2,1-3H3. The largest absolute Gasteiger partial charge is 0.294 e. The lowest BCUT2D eigenvalue weighted by atomic mass is 10.0. The monoisotopic (exact) mass is 335 g/mol. The van der Waals surface area contributed by atoms with E-state index in [0.717, 1.165) is 28.0 Å². The zero-order valence-electron chi connectivity index (χ0n) is 11.9. The lowest BCUT2D eigenvalue weighted by Crippen LogP contribution is -2.15. The molecule has 106 valence electrons. The number of nitrogens with zero attached hydrogens (tertiary/aromatic N) is 3. The third kappa shape index (κ3) is 3.33. The highest BCUT2D eigenvalue weighted by Crippen LogP contribution is 2.20. The molecule has 0 atom stereocenters. The van der Waals surface area contributed by atoms with Gasteiger partial charge < -0.3 is 0 Å². The first-order valence-electron chi connectivity index (χ1n) is 6.64. The molecule has 0 amide bonds. The Balaban J connectivity index is 2.20. The van der Waals surface area contributed by atoms with Gasteiger partial charge in [0.05, 0.1) is 6.42 Å². The van der Waals surface area contributed by atoms with Crippen LogP contribution in [0.4, 0.5) is 0 Å². The number of ketones is 1. The topological polar surface area (TPSA) is 47.8 Å². The molecule has 20 heavy (non-hydrogen) atoms. The lowest BCUT2D eigenvalue weighted by molar-refractivity contribution is 0.0988. The van der Waals surface area contributed by atoms with Gasteiger partial charge in [-0.1, -0.05) is 41.9 Å². The minimum atomic E-state index is 0.0711. The highest BCUT2D eigenvalue weighted by Gasteiger charge is 2.15. The Labute approximate surface area is 127 Å². The van der Waals surface area contributed by atoms with Crippen LogP contribution in [-0.4, -0.2) is 20.5 Å². The maximum Gasteiger partial charge on any atom is 0.170 e. The van der Waals surface area contributed by atoms with Crippen molar-refractivity contribution < 1.29 is 4.79 Å². The number of benzene rings is 1. The third-order valence-corrected chi connectivity index (χ3v) is 3.98. The molecule has 0 aliphatic rings. The van der Waals surface area contributed by atoms with E-state index in [1.54, 1.807) is 0 Å². The van der Waals surface area contributed by atoms with Crippen molar-refractivity contribution in [3.63, 3.8) is 0 Å². The number of carbonyl (C=O) groups excluding carboxylic acids is 1. The molecule has 0 bridgehead atoms. The molecule has 0 fully saturated rings. The second-order valence-corrected chi connectivity index (χ2v) is 6.12. The smallest absolute Gasteiger partial charge is 0.170 e. The van der Waals surface area contributed by atoms with Crippen molar-refractivity contribution >= 4 is 21.7 Å². The van der Waals surface area contributed by atoms with Crippen LogP contribution in [-0.2, 0) is 13.0 Å². The average molecular weight is 336 g/mol. The predicted molar refractivity (Wildman–Crippen MR) is 81.8 cm³/mol. The fourth-order valence-corrected chi connectivity index (χ4v) is 2.44. The fourth-order valence-electron chi connectivity index (χ4n) is 2.07. The number of hydrogen-bond acceptors (Lipinski definition) is 3. The van der Waals surface area contributed by atoms with Crippen LogP contribution in [0.3, 0.4) is 0 Å². The molecule has 0 N–H and O–H groups in total. The second-order valence-electron chi connectivity index (χ2n) is 5.26. The number of carbonyl (C=O) groups is 1. The third-order valence-electron chi connectivity index (χ3n) is 3.12. The Morgan fingerprint density at radius 3 is 2.85 bits per heavy atom. The Kier molecular flexibility index (Phi) is 4.70. The van der Waals surface area contributed by atoms with Crippen LogP contribution >= 0.6 is 15.9 Å². The predicted octanol–water partition coefficient (Wildman–Crippen LogP) is 3.43. The van der Waals surface area contributed by atoms with Gasteiger partial charge in [0.1, 0.15) is 12.2 Å². The summed E-state index contributed by atoms with van der Waals surface area (Å²) in [6, 6.07) is 5.67. The fraction of sp³-hybridized carbons (Fsp3) is 0.400. The van der Waals surface area contributed by atoms with E-state index in [9.17, 15) is 4.79 Å². The van der Waals surface area contributed by atoms with Crippen LogP contribution in [0.25, 0.3) is 0 Å². The van der Waals surface area contributed by atoms with Crippen LogP contribution in [0, 0.1) is 12.8 Å². The van der Waals surface area contributed by atoms with Crippen LogP contribution < -0.4 is 0 Å². The maximum absolute atomic E-state index is 12.4. The van der Waals surface area contributed by atoms with Crippen molar-refractivity contribution in [2.24, 2.45) is 5.92 Å². The van der Waals surface area contributed by atoms with E-state index in [-0.39, 0.29) is 12.2 Å². The van der Waals surface area contributed by atoms with Crippen molar-refractivity contribution in [3.05, 3.63) is 46.0 Å². The van der Waals surface area contributed by atoms with E-state index >= 15 is 0 Å². The van der Waals surface area contributed by atoms with Gasteiger partial charge in [-0.25, -0.2) is 9.67 Å². The molecule has 5 heteroatoms. The van der Waals surface area contributed by atoms with Gasteiger partial charge in [0, 0.05) is 16.6 Å². The number of aromatic nitrogens is 3. The van der Waals surface area contributed by atoms with Crippen molar-refractivity contribution in [2.75, 3.05) is 0 Å². The van der Waals surface area contributed by atoms with E-state index in [0.29, 0.717) is 5.92 Å². The van der Waals surface area contributed by atoms with Gasteiger partial charge in [0.15, 0.2) is 5.78 Å². The Morgan fingerprint density at radius 1 is 1.40 bits per heavy atom. The van der Waals surface area contributed by atoms with Gasteiger partial charge in [0.25, 0.3) is 0 Å². The molecular weight excluding hydrogens is 318 g/mol. The summed E-state index contributed by atoms with van der Waals surface area (Å²) in [4.78, 5) is 16.6. The van der Waals surface area contributed by atoms with Crippen molar-refractivity contribution in [2.45, 2.75) is 33.7 Å². The Hall–Kier alpha value is -1.49. The molecule has 1 heterocycles. The molecule has 0 aliphatic heterocycles.